The van der Waals surface area contributed by atoms with Crippen LogP contribution < -0.4 is 4.74 Å². The normalized spacial score (nSPS) is 13.9. The fourth-order valence-corrected chi connectivity index (χ4v) is 2.54. The molecule has 0 N–H and O–H groups in total. The summed E-state index contributed by atoms with van der Waals surface area (Å²) in [6.45, 7) is 5.71. The Hall–Kier alpha value is -1.02. The predicted octanol–water partition coefficient (Wildman–Crippen LogP) is 4.02. The van der Waals surface area contributed by atoms with E-state index < -0.39 is 0 Å². The number of rotatable bonds is 6. The maximum atomic E-state index is 5.30. The van der Waals surface area contributed by atoms with E-state index in [0.717, 1.165) is 12.3 Å². The Labute approximate surface area is 113 Å². The van der Waals surface area contributed by atoms with Gasteiger partial charge in [0.15, 0.2) is 0 Å². The van der Waals surface area contributed by atoms with Crippen LogP contribution >= 0.6 is 0 Å². The molecule has 2 nitrogen and oxygen atoms in total. The van der Waals surface area contributed by atoms with Gasteiger partial charge in [-0.25, -0.2) is 0 Å². The van der Waals surface area contributed by atoms with Gasteiger partial charge in [0.25, 0.3) is 0 Å². The molecule has 0 heterocycles. The zero-order chi connectivity index (χ0) is 12.8. The van der Waals surface area contributed by atoms with Crippen LogP contribution in [-0.2, 0) is 0 Å². The third-order valence-electron chi connectivity index (χ3n) is 3.30. The highest BCUT2D eigenvalue weighted by Gasteiger charge is 2.18. The van der Waals surface area contributed by atoms with E-state index in [4.69, 9.17) is 4.74 Å². The molecule has 1 rings (SSSR count). The van der Waals surface area contributed by atoms with Crippen LogP contribution in [0, 0.1) is 5.92 Å². The molecule has 0 amide bonds. The van der Waals surface area contributed by atoms with Gasteiger partial charge in [-0.1, -0.05) is 33.4 Å². The highest BCUT2D eigenvalue weighted by atomic mass is 16.5. The average Bonchev–Trinajstić information content (AvgIpc) is 2.29. The smallest absolute Gasteiger partial charge is 0.119 e. The average molecular weight is 251 g/mol. The van der Waals surface area contributed by atoms with E-state index >= 15 is 0 Å². The molecule has 0 unspecified atom stereocenters. The topological polar surface area (TPSA) is 12.5 Å². The summed E-state index contributed by atoms with van der Waals surface area (Å²) in [6.07, 6.45) is 1.17. The van der Waals surface area contributed by atoms with Crippen LogP contribution in [0.1, 0.15) is 39.2 Å². The standard InChI is InChI=1S/C15H25NO.CH4/c1-6-15(12(2)11-16(3)4)13-8-7-9-14(10-13)17-5;/h7-10,12,15H,6,11H2,1-5H3;1H4/t12-,15+;/m0./s1. The van der Waals surface area contributed by atoms with E-state index in [0.29, 0.717) is 11.8 Å². The van der Waals surface area contributed by atoms with E-state index in [-0.39, 0.29) is 7.43 Å². The predicted molar refractivity (Wildman–Crippen MR) is 80.5 cm³/mol. The SMILES string of the molecule is C.CC[C@@H](c1cccc(OC)c1)[C@@H](C)CN(C)C. The Kier molecular flexibility index (Phi) is 7.69. The first-order chi connectivity index (χ1) is 8.08. The van der Waals surface area contributed by atoms with E-state index in [1.54, 1.807) is 7.11 Å². The number of ether oxygens (including phenoxy) is 1. The largest absolute Gasteiger partial charge is 0.497 e. The first-order valence-corrected chi connectivity index (χ1v) is 6.37. The van der Waals surface area contributed by atoms with Gasteiger partial charge in [-0.15, -0.1) is 0 Å². The molecule has 0 saturated carbocycles. The Morgan fingerprint density at radius 3 is 2.44 bits per heavy atom. The van der Waals surface area contributed by atoms with Crippen molar-refractivity contribution < 1.29 is 4.74 Å². The summed E-state index contributed by atoms with van der Waals surface area (Å²) in [5.41, 5.74) is 1.39. The Balaban J connectivity index is 0.00000289. The molecule has 0 radical (unpaired) electrons. The molecule has 1 aromatic rings. The van der Waals surface area contributed by atoms with Crippen LogP contribution in [0.25, 0.3) is 0 Å². The first kappa shape index (κ1) is 17.0. The fraction of sp³-hybridized carbons (Fsp3) is 0.625. The highest BCUT2D eigenvalue weighted by Crippen LogP contribution is 2.30. The summed E-state index contributed by atoms with van der Waals surface area (Å²) in [6, 6.07) is 8.47. The van der Waals surface area contributed by atoms with Gasteiger partial charge in [-0.3, -0.25) is 0 Å². The van der Waals surface area contributed by atoms with E-state index in [1.807, 2.05) is 6.07 Å². The van der Waals surface area contributed by atoms with Crippen molar-refractivity contribution in [3.05, 3.63) is 29.8 Å². The second-order valence-corrected chi connectivity index (χ2v) is 5.03. The fourth-order valence-electron chi connectivity index (χ4n) is 2.54. The second-order valence-electron chi connectivity index (χ2n) is 5.03. The van der Waals surface area contributed by atoms with Crippen LogP contribution in [0.5, 0.6) is 5.75 Å². The third kappa shape index (κ3) is 4.69. The lowest BCUT2D eigenvalue weighted by Crippen LogP contribution is -2.24. The van der Waals surface area contributed by atoms with Crippen molar-refractivity contribution in [3.63, 3.8) is 0 Å². The maximum absolute atomic E-state index is 5.30. The second kappa shape index (κ2) is 8.15. The summed E-state index contributed by atoms with van der Waals surface area (Å²) in [5.74, 6) is 2.22. The third-order valence-corrected chi connectivity index (χ3v) is 3.30. The molecule has 104 valence electrons. The lowest BCUT2D eigenvalue weighted by Gasteiger charge is -2.26. The molecule has 0 bridgehead atoms. The molecule has 2 heteroatoms. The quantitative estimate of drug-likeness (QED) is 0.757. The number of hydrogen-bond acceptors (Lipinski definition) is 2. The van der Waals surface area contributed by atoms with Gasteiger partial charge >= 0.3 is 0 Å². The van der Waals surface area contributed by atoms with E-state index in [1.165, 1.54) is 12.0 Å². The van der Waals surface area contributed by atoms with Crippen molar-refractivity contribution in [2.45, 2.75) is 33.6 Å². The molecule has 0 saturated heterocycles. The minimum Gasteiger partial charge on any atom is -0.497 e. The van der Waals surface area contributed by atoms with Gasteiger partial charge in [0, 0.05) is 6.54 Å². The van der Waals surface area contributed by atoms with Gasteiger partial charge in [-0.2, -0.15) is 0 Å². The molecule has 0 aliphatic rings. The van der Waals surface area contributed by atoms with Crippen molar-refractivity contribution in [1.82, 2.24) is 4.90 Å². The highest BCUT2D eigenvalue weighted by molar-refractivity contribution is 5.31. The van der Waals surface area contributed by atoms with Gasteiger partial charge < -0.3 is 9.64 Å². The molecule has 0 spiro atoms. The summed E-state index contributed by atoms with van der Waals surface area (Å²) in [7, 11) is 5.99. The number of benzene rings is 1. The molecule has 18 heavy (non-hydrogen) atoms. The zero-order valence-electron chi connectivity index (χ0n) is 11.7. The minimum absolute atomic E-state index is 0. The van der Waals surface area contributed by atoms with Crippen molar-refractivity contribution in [2.24, 2.45) is 5.92 Å². The number of hydrogen-bond donors (Lipinski definition) is 0. The molecule has 0 aromatic heterocycles. The van der Waals surface area contributed by atoms with Crippen LogP contribution in [0.2, 0.25) is 0 Å². The van der Waals surface area contributed by atoms with Crippen LogP contribution in [0.4, 0.5) is 0 Å². The number of nitrogens with zero attached hydrogens (tertiary/aromatic N) is 1. The molecule has 0 aliphatic heterocycles. The van der Waals surface area contributed by atoms with E-state index in [2.05, 4.69) is 51.0 Å². The molecular weight excluding hydrogens is 222 g/mol. The van der Waals surface area contributed by atoms with Crippen molar-refractivity contribution in [1.29, 1.82) is 0 Å². The monoisotopic (exact) mass is 251 g/mol. The lowest BCUT2D eigenvalue weighted by molar-refractivity contribution is 0.301. The summed E-state index contributed by atoms with van der Waals surface area (Å²) in [5, 5.41) is 0. The Morgan fingerprint density at radius 2 is 1.94 bits per heavy atom. The Bertz CT molecular complexity index is 336. The van der Waals surface area contributed by atoms with Gasteiger partial charge in [0.2, 0.25) is 0 Å². The van der Waals surface area contributed by atoms with Crippen molar-refractivity contribution in [3.8, 4) is 5.75 Å². The van der Waals surface area contributed by atoms with Crippen LogP contribution in [0.3, 0.4) is 0 Å². The summed E-state index contributed by atoms with van der Waals surface area (Å²) >= 11 is 0. The van der Waals surface area contributed by atoms with Crippen LogP contribution in [-0.4, -0.2) is 32.6 Å². The van der Waals surface area contributed by atoms with Gasteiger partial charge in [-0.05, 0) is 50.0 Å². The molecule has 0 fully saturated rings. The van der Waals surface area contributed by atoms with Gasteiger partial charge in [0.1, 0.15) is 5.75 Å². The van der Waals surface area contributed by atoms with Crippen molar-refractivity contribution >= 4 is 0 Å². The maximum Gasteiger partial charge on any atom is 0.119 e. The summed E-state index contributed by atoms with van der Waals surface area (Å²) < 4.78 is 5.30. The Morgan fingerprint density at radius 1 is 1.28 bits per heavy atom. The van der Waals surface area contributed by atoms with Crippen molar-refractivity contribution in [2.75, 3.05) is 27.7 Å². The molecular formula is C16H29NO. The molecule has 2 atom stereocenters. The van der Waals surface area contributed by atoms with Crippen LogP contribution in [0.15, 0.2) is 24.3 Å². The molecule has 0 aliphatic carbocycles. The minimum atomic E-state index is 0. The van der Waals surface area contributed by atoms with Gasteiger partial charge in [0.05, 0.1) is 7.11 Å². The number of methoxy groups -OCH3 is 1. The first-order valence-electron chi connectivity index (χ1n) is 6.37. The lowest BCUT2D eigenvalue weighted by atomic mass is 9.85. The van der Waals surface area contributed by atoms with E-state index in [9.17, 15) is 0 Å². The molecule has 1 aromatic carbocycles. The zero-order valence-corrected chi connectivity index (χ0v) is 11.7. The summed E-state index contributed by atoms with van der Waals surface area (Å²) in [4.78, 5) is 2.26.